The van der Waals surface area contributed by atoms with Gasteiger partial charge >= 0.3 is 0 Å². The van der Waals surface area contributed by atoms with Crippen LogP contribution in [0.4, 0.5) is 0 Å². The number of nitrogens with zero attached hydrogens (tertiary/aromatic N) is 1. The van der Waals surface area contributed by atoms with Gasteiger partial charge in [-0.25, -0.2) is 0 Å². The minimum atomic E-state index is 0. The number of ether oxygens (including phenoxy) is 1. The van der Waals surface area contributed by atoms with Gasteiger partial charge in [-0.3, -0.25) is 4.90 Å². The molecule has 1 aliphatic rings. The zero-order valence-corrected chi connectivity index (χ0v) is 15.0. The van der Waals surface area contributed by atoms with Crippen LogP contribution in [-0.4, -0.2) is 38.2 Å². The van der Waals surface area contributed by atoms with Gasteiger partial charge in [-0.2, -0.15) is 0 Å². The van der Waals surface area contributed by atoms with E-state index in [-0.39, 0.29) is 24.8 Å². The van der Waals surface area contributed by atoms with Crippen molar-refractivity contribution in [1.82, 2.24) is 10.2 Å². The fourth-order valence-electron chi connectivity index (χ4n) is 2.77. The van der Waals surface area contributed by atoms with Gasteiger partial charge in [0.1, 0.15) is 5.75 Å². The smallest absolute Gasteiger partial charge is 0.123 e. The van der Waals surface area contributed by atoms with Crippen molar-refractivity contribution in [2.45, 2.75) is 25.8 Å². The van der Waals surface area contributed by atoms with E-state index in [1.807, 2.05) is 12.1 Å². The van der Waals surface area contributed by atoms with Crippen LogP contribution in [0.3, 0.4) is 0 Å². The highest BCUT2D eigenvalue weighted by Gasteiger charge is 2.24. The highest BCUT2D eigenvalue weighted by molar-refractivity contribution is 6.30. The third-order valence-electron chi connectivity index (χ3n) is 3.71. The summed E-state index contributed by atoms with van der Waals surface area (Å²) in [5, 5.41) is 4.19. The van der Waals surface area contributed by atoms with Gasteiger partial charge in [0, 0.05) is 42.8 Å². The summed E-state index contributed by atoms with van der Waals surface area (Å²) in [5.74, 6) is 0.946. The van der Waals surface area contributed by atoms with Gasteiger partial charge in [0.05, 0.1) is 7.11 Å². The lowest BCUT2D eigenvalue weighted by Gasteiger charge is -2.35. The second-order valence-corrected chi connectivity index (χ2v) is 5.41. The van der Waals surface area contributed by atoms with E-state index in [0.29, 0.717) is 6.04 Å². The lowest BCUT2D eigenvalue weighted by atomic mass is 9.99. The molecule has 1 saturated heterocycles. The lowest BCUT2D eigenvalue weighted by molar-refractivity contribution is 0.162. The molecular weight excluding hydrogens is 331 g/mol. The van der Waals surface area contributed by atoms with Crippen molar-refractivity contribution in [1.29, 1.82) is 0 Å². The Labute approximate surface area is 145 Å². The topological polar surface area (TPSA) is 24.5 Å². The molecule has 2 rings (SSSR count). The van der Waals surface area contributed by atoms with Gasteiger partial charge in [0.15, 0.2) is 0 Å². The summed E-state index contributed by atoms with van der Waals surface area (Å²) in [6.45, 7) is 6.51. The summed E-state index contributed by atoms with van der Waals surface area (Å²) in [6, 6.07) is 6.33. The normalized spacial score (nSPS) is 16.5. The van der Waals surface area contributed by atoms with Crippen molar-refractivity contribution in [2.24, 2.45) is 0 Å². The third kappa shape index (κ3) is 5.50. The molecule has 0 aliphatic carbocycles. The van der Waals surface area contributed by atoms with Crippen molar-refractivity contribution in [2.75, 3.05) is 33.3 Å². The summed E-state index contributed by atoms with van der Waals surface area (Å²) >= 11 is 6.17. The van der Waals surface area contributed by atoms with Crippen LogP contribution in [-0.2, 0) is 0 Å². The van der Waals surface area contributed by atoms with Crippen molar-refractivity contribution in [3.63, 3.8) is 0 Å². The average Bonchev–Trinajstić information content (AvgIpc) is 2.45. The zero-order valence-electron chi connectivity index (χ0n) is 12.6. The van der Waals surface area contributed by atoms with E-state index in [1.54, 1.807) is 7.11 Å². The molecule has 6 heteroatoms. The highest BCUT2D eigenvalue weighted by Crippen LogP contribution is 2.34. The molecule has 0 aromatic heterocycles. The standard InChI is InChI=1S/C15H23ClN2O.2ClH/c1-3-4-14(18-9-7-17-8-10-18)13-11-12(16)5-6-15(13)19-2;;/h5-6,11,14,17H,3-4,7-10H2,1-2H3;2*1H/t14-;;/m0../s1. The first-order chi connectivity index (χ1) is 9.26. The molecule has 21 heavy (non-hydrogen) atoms. The predicted octanol–water partition coefficient (Wildman–Crippen LogP) is 3.94. The van der Waals surface area contributed by atoms with Crippen LogP contribution < -0.4 is 10.1 Å². The van der Waals surface area contributed by atoms with Crippen molar-refractivity contribution < 1.29 is 4.74 Å². The Morgan fingerprint density at radius 2 is 1.95 bits per heavy atom. The van der Waals surface area contributed by atoms with Gasteiger partial charge in [-0.05, 0) is 24.6 Å². The monoisotopic (exact) mass is 354 g/mol. The predicted molar refractivity (Wildman–Crippen MR) is 94.6 cm³/mol. The largest absolute Gasteiger partial charge is 0.496 e. The van der Waals surface area contributed by atoms with Gasteiger partial charge in [0.25, 0.3) is 0 Å². The molecule has 0 amide bonds. The first-order valence-electron chi connectivity index (χ1n) is 7.04. The van der Waals surface area contributed by atoms with Gasteiger partial charge in [-0.1, -0.05) is 24.9 Å². The minimum absolute atomic E-state index is 0. The first-order valence-corrected chi connectivity index (χ1v) is 7.42. The van der Waals surface area contributed by atoms with Crippen LogP contribution in [0.2, 0.25) is 5.02 Å². The fraction of sp³-hybridized carbons (Fsp3) is 0.600. The lowest BCUT2D eigenvalue weighted by Crippen LogP contribution is -2.45. The van der Waals surface area contributed by atoms with E-state index in [4.69, 9.17) is 16.3 Å². The van der Waals surface area contributed by atoms with E-state index in [9.17, 15) is 0 Å². The van der Waals surface area contributed by atoms with Crippen LogP contribution in [0.5, 0.6) is 5.75 Å². The Morgan fingerprint density at radius 3 is 2.52 bits per heavy atom. The van der Waals surface area contributed by atoms with E-state index in [2.05, 4.69) is 23.2 Å². The molecule has 1 atom stereocenters. The molecule has 1 aromatic carbocycles. The Balaban J connectivity index is 0.00000200. The number of benzene rings is 1. The van der Waals surface area contributed by atoms with Crippen LogP contribution in [0.25, 0.3) is 0 Å². The summed E-state index contributed by atoms with van der Waals surface area (Å²) in [5.41, 5.74) is 1.22. The maximum atomic E-state index is 6.17. The molecule has 1 aliphatic heterocycles. The van der Waals surface area contributed by atoms with E-state index in [0.717, 1.165) is 49.8 Å². The second kappa shape index (κ2) is 10.5. The molecule has 1 N–H and O–H groups in total. The molecule has 1 heterocycles. The van der Waals surface area contributed by atoms with Crippen molar-refractivity contribution >= 4 is 36.4 Å². The Kier molecular flexibility index (Phi) is 10.4. The summed E-state index contributed by atoms with van der Waals surface area (Å²) in [4.78, 5) is 2.54. The highest BCUT2D eigenvalue weighted by atomic mass is 35.5. The second-order valence-electron chi connectivity index (χ2n) is 4.98. The van der Waals surface area contributed by atoms with E-state index in [1.165, 1.54) is 5.56 Å². The molecular formula is C15H25Cl3N2O. The Morgan fingerprint density at radius 1 is 1.29 bits per heavy atom. The average molecular weight is 356 g/mol. The number of nitrogens with one attached hydrogen (secondary N) is 1. The van der Waals surface area contributed by atoms with Gasteiger partial charge < -0.3 is 10.1 Å². The third-order valence-corrected chi connectivity index (χ3v) is 3.94. The van der Waals surface area contributed by atoms with Crippen molar-refractivity contribution in [3.8, 4) is 5.75 Å². The summed E-state index contributed by atoms with van der Waals surface area (Å²) in [6.07, 6.45) is 2.29. The van der Waals surface area contributed by atoms with Crippen LogP contribution >= 0.6 is 36.4 Å². The molecule has 0 bridgehead atoms. The number of rotatable bonds is 5. The van der Waals surface area contributed by atoms with Gasteiger partial charge in [0.2, 0.25) is 0 Å². The molecule has 1 fully saturated rings. The quantitative estimate of drug-likeness (QED) is 0.866. The number of hydrogen-bond donors (Lipinski definition) is 1. The molecule has 1 aromatic rings. The summed E-state index contributed by atoms with van der Waals surface area (Å²) < 4.78 is 5.52. The first kappa shape index (κ1) is 20.8. The number of methoxy groups -OCH3 is 1. The molecule has 0 unspecified atom stereocenters. The molecule has 0 saturated carbocycles. The Bertz CT molecular complexity index is 412. The van der Waals surface area contributed by atoms with Crippen LogP contribution in [0.15, 0.2) is 18.2 Å². The molecule has 3 nitrogen and oxygen atoms in total. The molecule has 0 spiro atoms. The fourth-order valence-corrected chi connectivity index (χ4v) is 2.95. The van der Waals surface area contributed by atoms with Crippen molar-refractivity contribution in [3.05, 3.63) is 28.8 Å². The maximum Gasteiger partial charge on any atom is 0.123 e. The SMILES string of the molecule is CCC[C@@H](c1cc(Cl)ccc1OC)N1CCNCC1.Cl.Cl. The Hall–Kier alpha value is -0.190. The van der Waals surface area contributed by atoms with Crippen LogP contribution in [0, 0.1) is 0 Å². The van der Waals surface area contributed by atoms with Gasteiger partial charge in [-0.15, -0.1) is 24.8 Å². The number of hydrogen-bond acceptors (Lipinski definition) is 3. The summed E-state index contributed by atoms with van der Waals surface area (Å²) in [7, 11) is 1.73. The molecule has 122 valence electrons. The molecule has 0 radical (unpaired) electrons. The number of piperazine rings is 1. The zero-order chi connectivity index (χ0) is 13.7. The van der Waals surface area contributed by atoms with Crippen LogP contribution in [0.1, 0.15) is 31.4 Å². The minimum Gasteiger partial charge on any atom is -0.496 e. The maximum absolute atomic E-state index is 6.17. The van der Waals surface area contributed by atoms with E-state index < -0.39 is 0 Å². The number of halogens is 3. The van der Waals surface area contributed by atoms with E-state index >= 15 is 0 Å².